The fourth-order valence-electron chi connectivity index (χ4n) is 3.13. The Morgan fingerprint density at radius 2 is 2.00 bits per heavy atom. The van der Waals surface area contributed by atoms with Crippen LogP contribution in [0.1, 0.15) is 31.5 Å². The predicted molar refractivity (Wildman–Crippen MR) is 139 cm³/mol. The summed E-state index contributed by atoms with van der Waals surface area (Å²) in [4.78, 5) is 26.8. The first kappa shape index (κ1) is 26.2. The van der Waals surface area contributed by atoms with Gasteiger partial charge in [0.15, 0.2) is 5.82 Å². The minimum atomic E-state index is -0.900. The molecule has 3 rings (SSSR count). The minimum Gasteiger partial charge on any atom is -0.478 e. The number of aromatic nitrogens is 2. The summed E-state index contributed by atoms with van der Waals surface area (Å²) in [7, 11) is 1.63. The van der Waals surface area contributed by atoms with Crippen LogP contribution in [0.3, 0.4) is 0 Å². The highest BCUT2D eigenvalue weighted by molar-refractivity contribution is 7.20. The normalized spacial score (nSPS) is 15.5. The van der Waals surface area contributed by atoms with Gasteiger partial charge in [0.25, 0.3) is 0 Å². The maximum absolute atomic E-state index is 10.2. The van der Waals surface area contributed by atoms with Crippen LogP contribution in [-0.4, -0.2) is 60.1 Å². The van der Waals surface area contributed by atoms with Gasteiger partial charge in [0.2, 0.25) is 0 Å². The molecule has 0 saturated carbocycles. The van der Waals surface area contributed by atoms with Gasteiger partial charge < -0.3 is 14.7 Å². The minimum absolute atomic E-state index is 0.308. The molecule has 2 aromatic rings. The molecule has 3 heterocycles. The molecule has 2 aromatic heterocycles. The number of aliphatic carboxylic acids is 1. The summed E-state index contributed by atoms with van der Waals surface area (Å²) in [5.41, 5.74) is 3.19. The Bertz CT molecular complexity index is 1110. The van der Waals surface area contributed by atoms with E-state index in [4.69, 9.17) is 14.8 Å². The van der Waals surface area contributed by atoms with E-state index in [1.165, 1.54) is 17.9 Å². The zero-order chi connectivity index (χ0) is 24.4. The van der Waals surface area contributed by atoms with Crippen molar-refractivity contribution in [3.63, 3.8) is 0 Å². The van der Waals surface area contributed by atoms with Crippen LogP contribution in [0.2, 0.25) is 0 Å². The lowest BCUT2D eigenvalue weighted by Gasteiger charge is -2.28. The Morgan fingerprint density at radius 1 is 1.30 bits per heavy atom. The molecule has 0 atom stereocenters. The molecule has 1 fully saturated rings. The van der Waals surface area contributed by atoms with Gasteiger partial charge in [-0.15, -0.1) is 11.3 Å². The molecular formula is C25H32N4O3S. The van der Waals surface area contributed by atoms with Crippen molar-refractivity contribution in [2.45, 2.75) is 27.7 Å². The van der Waals surface area contributed by atoms with E-state index in [0.717, 1.165) is 59.4 Å². The summed E-state index contributed by atoms with van der Waals surface area (Å²) >= 11 is 1.74. The number of allylic oxidation sites excluding steroid dienone is 6. The van der Waals surface area contributed by atoms with Gasteiger partial charge in [0.05, 0.1) is 23.4 Å². The van der Waals surface area contributed by atoms with Crippen LogP contribution >= 0.6 is 11.3 Å². The summed E-state index contributed by atoms with van der Waals surface area (Å²) in [5.74, 6) is 0.942. The summed E-state index contributed by atoms with van der Waals surface area (Å²) in [6, 6.07) is 2.15. The van der Waals surface area contributed by atoms with Gasteiger partial charge in [0, 0.05) is 36.3 Å². The van der Waals surface area contributed by atoms with Crippen molar-refractivity contribution in [1.82, 2.24) is 9.97 Å². The van der Waals surface area contributed by atoms with Crippen molar-refractivity contribution in [3.8, 4) is 0 Å². The van der Waals surface area contributed by atoms with Crippen molar-refractivity contribution < 1.29 is 14.6 Å². The van der Waals surface area contributed by atoms with E-state index >= 15 is 0 Å². The predicted octanol–water partition coefficient (Wildman–Crippen LogP) is 5.09. The number of carboxylic acid groups (broad SMARTS) is 1. The fraction of sp³-hybridized carbons (Fsp3) is 0.360. The van der Waals surface area contributed by atoms with E-state index in [1.54, 1.807) is 25.3 Å². The van der Waals surface area contributed by atoms with E-state index < -0.39 is 5.97 Å². The number of thiophene rings is 1. The van der Waals surface area contributed by atoms with Crippen LogP contribution in [0.15, 0.2) is 53.6 Å². The Kier molecular flexibility index (Phi) is 10.2. The van der Waals surface area contributed by atoms with E-state index in [0.29, 0.717) is 5.57 Å². The van der Waals surface area contributed by atoms with Crippen LogP contribution in [0.25, 0.3) is 15.8 Å². The molecule has 1 aliphatic rings. The molecule has 0 amide bonds. The molecule has 1 aliphatic heterocycles. The molecule has 0 aromatic carbocycles. The zero-order valence-electron chi connectivity index (χ0n) is 20.0. The number of aliphatic imine (C=N–C) groups is 1. The summed E-state index contributed by atoms with van der Waals surface area (Å²) < 4.78 is 6.61. The Labute approximate surface area is 199 Å². The SMILES string of the molecule is C=C/C=C(\C=C/C)c1cc2nc(C)nc(N3CCOCC3)c2s1.CN=C(C)/C=C(\C)C(=O)O. The maximum Gasteiger partial charge on any atom is 0.331 e. The second kappa shape index (κ2) is 12.8. The number of carbonyl (C=O) groups is 1. The number of morpholine rings is 1. The highest BCUT2D eigenvalue weighted by Crippen LogP contribution is 2.36. The average Bonchev–Trinajstić information content (AvgIpc) is 3.23. The average molecular weight is 469 g/mol. The van der Waals surface area contributed by atoms with E-state index in [1.807, 2.05) is 32.1 Å². The van der Waals surface area contributed by atoms with Crippen molar-refractivity contribution in [2.24, 2.45) is 4.99 Å². The largest absolute Gasteiger partial charge is 0.478 e. The number of hydrogen-bond acceptors (Lipinski definition) is 7. The highest BCUT2D eigenvalue weighted by atomic mass is 32.1. The Morgan fingerprint density at radius 3 is 2.58 bits per heavy atom. The molecule has 8 heteroatoms. The molecule has 1 N–H and O–H groups in total. The molecular weight excluding hydrogens is 436 g/mol. The molecule has 0 aliphatic carbocycles. The van der Waals surface area contributed by atoms with Gasteiger partial charge in [-0.2, -0.15) is 0 Å². The summed E-state index contributed by atoms with van der Waals surface area (Å²) in [5, 5.41) is 8.40. The summed E-state index contributed by atoms with van der Waals surface area (Å²) in [6.45, 7) is 14.3. The lowest BCUT2D eigenvalue weighted by atomic mass is 10.2. The van der Waals surface area contributed by atoms with Gasteiger partial charge in [-0.25, -0.2) is 14.8 Å². The van der Waals surface area contributed by atoms with Crippen LogP contribution in [0.5, 0.6) is 0 Å². The second-order valence-corrected chi connectivity index (χ2v) is 8.43. The first-order valence-corrected chi connectivity index (χ1v) is 11.5. The fourth-order valence-corrected chi connectivity index (χ4v) is 4.25. The van der Waals surface area contributed by atoms with Crippen molar-refractivity contribution in [2.75, 3.05) is 38.3 Å². The lowest BCUT2D eigenvalue weighted by molar-refractivity contribution is -0.132. The third kappa shape index (κ3) is 7.47. The number of nitrogens with zero attached hydrogens (tertiary/aromatic N) is 4. The number of fused-ring (bicyclic) bond motifs is 1. The number of aryl methyl sites for hydroxylation is 1. The third-order valence-electron chi connectivity index (χ3n) is 4.82. The maximum atomic E-state index is 10.2. The van der Waals surface area contributed by atoms with Gasteiger partial charge in [0.1, 0.15) is 5.82 Å². The monoisotopic (exact) mass is 468 g/mol. The number of hydrogen-bond donors (Lipinski definition) is 1. The number of anilines is 1. The second-order valence-electron chi connectivity index (χ2n) is 7.37. The molecule has 0 spiro atoms. The lowest BCUT2D eigenvalue weighted by Crippen LogP contribution is -2.36. The van der Waals surface area contributed by atoms with E-state index in [-0.39, 0.29) is 0 Å². The van der Waals surface area contributed by atoms with E-state index in [2.05, 4.69) is 33.6 Å². The van der Waals surface area contributed by atoms with Gasteiger partial charge in [-0.1, -0.05) is 30.9 Å². The quantitative estimate of drug-likeness (QED) is 0.361. The molecule has 0 unspecified atom stereocenters. The zero-order valence-corrected chi connectivity index (χ0v) is 20.8. The standard InChI is InChI=1S/C18H21N3OS.C7H11NO2/c1-4-6-14(7-5-2)16-12-15-17(23-16)18(20-13(3)19-15)21-8-10-22-11-9-21;1-5(7(9)10)4-6(2)8-3/h4-7,12H,1,8-11H2,2-3H3;4H,1-3H3,(H,9,10)/b7-5-,14-6+;5-4+,8-6?. The Hall–Kier alpha value is -3.10. The van der Waals surface area contributed by atoms with Crippen LogP contribution in [0, 0.1) is 6.92 Å². The van der Waals surface area contributed by atoms with Gasteiger partial charge >= 0.3 is 5.97 Å². The molecule has 0 bridgehead atoms. The first-order valence-electron chi connectivity index (χ1n) is 10.7. The number of ether oxygens (including phenoxy) is 1. The topological polar surface area (TPSA) is 87.9 Å². The third-order valence-corrected chi connectivity index (χ3v) is 5.99. The van der Waals surface area contributed by atoms with Crippen LogP contribution in [0.4, 0.5) is 5.82 Å². The number of rotatable bonds is 6. The Balaban J connectivity index is 0.000000328. The van der Waals surface area contributed by atoms with Crippen LogP contribution in [-0.2, 0) is 9.53 Å². The molecule has 176 valence electrons. The summed E-state index contributed by atoms with van der Waals surface area (Å²) in [6.07, 6.45) is 9.52. The van der Waals surface area contributed by atoms with Gasteiger partial charge in [-0.05, 0) is 45.4 Å². The molecule has 0 radical (unpaired) electrons. The van der Waals surface area contributed by atoms with Crippen molar-refractivity contribution in [3.05, 3.63) is 59.3 Å². The number of carboxylic acids is 1. The highest BCUT2D eigenvalue weighted by Gasteiger charge is 2.19. The first-order chi connectivity index (χ1) is 15.8. The van der Waals surface area contributed by atoms with Crippen molar-refractivity contribution in [1.29, 1.82) is 0 Å². The molecule has 33 heavy (non-hydrogen) atoms. The van der Waals surface area contributed by atoms with Crippen LogP contribution < -0.4 is 4.90 Å². The van der Waals surface area contributed by atoms with E-state index in [9.17, 15) is 4.79 Å². The molecule has 7 nitrogen and oxygen atoms in total. The van der Waals surface area contributed by atoms with Gasteiger partial charge in [-0.3, -0.25) is 4.99 Å². The van der Waals surface area contributed by atoms with Crippen molar-refractivity contribution >= 4 is 44.6 Å². The molecule has 1 saturated heterocycles. The smallest absolute Gasteiger partial charge is 0.331 e.